The van der Waals surface area contributed by atoms with E-state index in [9.17, 15) is 9.59 Å². The Morgan fingerprint density at radius 2 is 1.87 bits per heavy atom. The number of benzene rings is 1. The third-order valence-electron chi connectivity index (χ3n) is 3.75. The Kier molecular flexibility index (Phi) is 5.97. The highest BCUT2D eigenvalue weighted by Crippen LogP contribution is 2.22. The summed E-state index contributed by atoms with van der Waals surface area (Å²) < 4.78 is 0. The Bertz CT molecular complexity index is 570. The molecule has 2 amide bonds. The van der Waals surface area contributed by atoms with Gasteiger partial charge in [-0.05, 0) is 30.7 Å². The van der Waals surface area contributed by atoms with Crippen molar-refractivity contribution < 1.29 is 9.59 Å². The van der Waals surface area contributed by atoms with Gasteiger partial charge in [-0.15, -0.1) is 13.2 Å². The SMILES string of the molecule is C=CCN(CC=C)C(=O)CNc1ccc(N2CCCC2=O)cc1. The fourth-order valence-corrected chi connectivity index (χ4v) is 2.56. The molecule has 0 atom stereocenters. The highest BCUT2D eigenvalue weighted by atomic mass is 16.2. The lowest BCUT2D eigenvalue weighted by Gasteiger charge is -2.20. The van der Waals surface area contributed by atoms with E-state index in [4.69, 9.17) is 0 Å². The number of amides is 2. The van der Waals surface area contributed by atoms with Crippen LogP contribution in [0.4, 0.5) is 11.4 Å². The van der Waals surface area contributed by atoms with Crippen LogP contribution in [0.3, 0.4) is 0 Å². The fourth-order valence-electron chi connectivity index (χ4n) is 2.56. The van der Waals surface area contributed by atoms with Crippen molar-refractivity contribution in [3.8, 4) is 0 Å². The standard InChI is InChI=1S/C18H23N3O2/c1-3-11-20(12-4-2)18(23)14-19-15-7-9-16(10-8-15)21-13-5-6-17(21)22/h3-4,7-10,19H,1-2,5-6,11-14H2. The number of rotatable bonds is 8. The van der Waals surface area contributed by atoms with Gasteiger partial charge >= 0.3 is 0 Å². The maximum atomic E-state index is 12.1. The van der Waals surface area contributed by atoms with E-state index in [1.807, 2.05) is 24.3 Å². The van der Waals surface area contributed by atoms with Gasteiger partial charge in [0.05, 0.1) is 6.54 Å². The first-order valence-corrected chi connectivity index (χ1v) is 7.79. The molecule has 0 radical (unpaired) electrons. The van der Waals surface area contributed by atoms with Crippen LogP contribution in [0.5, 0.6) is 0 Å². The third kappa shape index (κ3) is 4.45. The highest BCUT2D eigenvalue weighted by Gasteiger charge is 2.21. The van der Waals surface area contributed by atoms with Crippen molar-refractivity contribution in [2.75, 3.05) is 36.4 Å². The van der Waals surface area contributed by atoms with Crippen LogP contribution in [0, 0.1) is 0 Å². The van der Waals surface area contributed by atoms with Gasteiger partial charge in [0.1, 0.15) is 0 Å². The van der Waals surface area contributed by atoms with Gasteiger partial charge in [0.25, 0.3) is 0 Å². The fraction of sp³-hybridized carbons (Fsp3) is 0.333. The molecule has 1 heterocycles. The lowest BCUT2D eigenvalue weighted by molar-refractivity contribution is -0.128. The molecule has 0 aromatic heterocycles. The van der Waals surface area contributed by atoms with Crippen LogP contribution in [0.25, 0.3) is 0 Å². The van der Waals surface area contributed by atoms with Crippen LogP contribution in [0.1, 0.15) is 12.8 Å². The normalized spacial score (nSPS) is 13.7. The van der Waals surface area contributed by atoms with Crippen molar-refractivity contribution in [2.24, 2.45) is 0 Å². The van der Waals surface area contributed by atoms with Gasteiger partial charge in [0.15, 0.2) is 0 Å². The molecule has 1 N–H and O–H groups in total. The minimum absolute atomic E-state index is 0.0106. The number of hydrogen-bond acceptors (Lipinski definition) is 3. The van der Waals surface area contributed by atoms with Crippen molar-refractivity contribution in [1.82, 2.24) is 4.90 Å². The summed E-state index contributed by atoms with van der Waals surface area (Å²) in [6.07, 6.45) is 4.93. The van der Waals surface area contributed by atoms with Gasteiger partial charge in [-0.3, -0.25) is 9.59 Å². The van der Waals surface area contributed by atoms with Gasteiger partial charge in [-0.2, -0.15) is 0 Å². The summed E-state index contributed by atoms with van der Waals surface area (Å²) >= 11 is 0. The maximum Gasteiger partial charge on any atom is 0.242 e. The van der Waals surface area contributed by atoms with E-state index in [1.54, 1.807) is 22.0 Å². The molecular weight excluding hydrogens is 290 g/mol. The Morgan fingerprint density at radius 1 is 1.22 bits per heavy atom. The molecule has 0 bridgehead atoms. The summed E-state index contributed by atoms with van der Waals surface area (Å²) in [4.78, 5) is 27.3. The molecule has 1 aliphatic heterocycles. The summed E-state index contributed by atoms with van der Waals surface area (Å²) in [7, 11) is 0. The Hall–Kier alpha value is -2.56. The summed E-state index contributed by atoms with van der Waals surface area (Å²) in [5.41, 5.74) is 1.76. The molecule has 1 fully saturated rings. The first-order valence-electron chi connectivity index (χ1n) is 7.79. The number of nitrogens with zero attached hydrogens (tertiary/aromatic N) is 2. The predicted octanol–water partition coefficient (Wildman–Crippen LogP) is 2.43. The molecule has 0 unspecified atom stereocenters. The average Bonchev–Trinajstić information content (AvgIpc) is 2.99. The monoisotopic (exact) mass is 313 g/mol. The lowest BCUT2D eigenvalue weighted by Crippen LogP contribution is -2.35. The number of anilines is 2. The minimum atomic E-state index is -0.0106. The molecule has 23 heavy (non-hydrogen) atoms. The summed E-state index contributed by atoms with van der Waals surface area (Å²) in [5, 5.41) is 3.11. The summed E-state index contributed by atoms with van der Waals surface area (Å²) in [6.45, 7) is 9.31. The number of hydrogen-bond donors (Lipinski definition) is 1. The number of nitrogens with one attached hydrogen (secondary N) is 1. The van der Waals surface area contributed by atoms with E-state index < -0.39 is 0 Å². The Morgan fingerprint density at radius 3 is 2.39 bits per heavy atom. The Balaban J connectivity index is 1.90. The molecule has 0 saturated carbocycles. The second-order valence-electron chi connectivity index (χ2n) is 5.43. The molecule has 122 valence electrons. The van der Waals surface area contributed by atoms with E-state index in [0.717, 1.165) is 24.3 Å². The average molecular weight is 313 g/mol. The molecule has 1 aliphatic rings. The van der Waals surface area contributed by atoms with Crippen LogP contribution >= 0.6 is 0 Å². The lowest BCUT2D eigenvalue weighted by atomic mass is 10.2. The smallest absolute Gasteiger partial charge is 0.242 e. The molecule has 5 nitrogen and oxygen atoms in total. The molecule has 5 heteroatoms. The van der Waals surface area contributed by atoms with E-state index in [0.29, 0.717) is 19.5 Å². The zero-order valence-corrected chi connectivity index (χ0v) is 13.3. The topological polar surface area (TPSA) is 52.7 Å². The van der Waals surface area contributed by atoms with Crippen LogP contribution < -0.4 is 10.2 Å². The van der Waals surface area contributed by atoms with Crippen molar-refractivity contribution in [3.63, 3.8) is 0 Å². The number of carbonyl (C=O) groups is 2. The van der Waals surface area contributed by atoms with E-state index >= 15 is 0 Å². The molecule has 1 saturated heterocycles. The van der Waals surface area contributed by atoms with E-state index in [2.05, 4.69) is 18.5 Å². The van der Waals surface area contributed by atoms with E-state index in [-0.39, 0.29) is 18.4 Å². The minimum Gasteiger partial charge on any atom is -0.376 e. The zero-order valence-electron chi connectivity index (χ0n) is 13.3. The Labute approximate surface area is 137 Å². The van der Waals surface area contributed by atoms with Crippen molar-refractivity contribution in [1.29, 1.82) is 0 Å². The molecule has 0 aliphatic carbocycles. The van der Waals surface area contributed by atoms with Gasteiger partial charge < -0.3 is 15.1 Å². The van der Waals surface area contributed by atoms with Crippen LogP contribution in [0.2, 0.25) is 0 Å². The molecule has 1 aromatic carbocycles. The summed E-state index contributed by atoms with van der Waals surface area (Å²) in [5.74, 6) is 0.161. The van der Waals surface area contributed by atoms with Crippen LogP contribution in [0.15, 0.2) is 49.6 Å². The molecule has 0 spiro atoms. The predicted molar refractivity (Wildman–Crippen MR) is 93.5 cm³/mol. The molecule has 2 rings (SSSR count). The first kappa shape index (κ1) is 16.8. The van der Waals surface area contributed by atoms with E-state index in [1.165, 1.54) is 0 Å². The van der Waals surface area contributed by atoms with Crippen molar-refractivity contribution in [3.05, 3.63) is 49.6 Å². The molecule has 1 aromatic rings. The first-order chi connectivity index (χ1) is 11.2. The van der Waals surface area contributed by atoms with Gasteiger partial charge in [0, 0.05) is 37.4 Å². The van der Waals surface area contributed by atoms with Gasteiger partial charge in [-0.25, -0.2) is 0 Å². The van der Waals surface area contributed by atoms with Crippen LogP contribution in [-0.4, -0.2) is 42.9 Å². The second kappa shape index (κ2) is 8.17. The largest absolute Gasteiger partial charge is 0.376 e. The zero-order chi connectivity index (χ0) is 16.7. The number of carbonyl (C=O) groups excluding carboxylic acids is 2. The second-order valence-corrected chi connectivity index (χ2v) is 5.43. The maximum absolute atomic E-state index is 12.1. The van der Waals surface area contributed by atoms with Crippen LogP contribution in [-0.2, 0) is 9.59 Å². The van der Waals surface area contributed by atoms with Crippen molar-refractivity contribution in [2.45, 2.75) is 12.8 Å². The van der Waals surface area contributed by atoms with Gasteiger partial charge in [0.2, 0.25) is 11.8 Å². The third-order valence-corrected chi connectivity index (χ3v) is 3.75. The van der Waals surface area contributed by atoms with Crippen molar-refractivity contribution >= 4 is 23.2 Å². The summed E-state index contributed by atoms with van der Waals surface area (Å²) in [6, 6.07) is 7.58. The molecular formula is C18H23N3O2. The van der Waals surface area contributed by atoms with Gasteiger partial charge in [-0.1, -0.05) is 12.2 Å². The highest BCUT2D eigenvalue weighted by molar-refractivity contribution is 5.95. The quantitative estimate of drug-likeness (QED) is 0.750.